The van der Waals surface area contributed by atoms with Gasteiger partial charge in [-0.3, -0.25) is 4.79 Å². The summed E-state index contributed by atoms with van der Waals surface area (Å²) in [6.07, 6.45) is 7.31. The number of hydrogen-bond donors (Lipinski definition) is 2. The molecule has 1 saturated carbocycles. The van der Waals surface area contributed by atoms with Gasteiger partial charge in [0.15, 0.2) is 0 Å². The average Bonchev–Trinajstić information content (AvgIpc) is 2.69. The molecule has 0 aliphatic heterocycles. The van der Waals surface area contributed by atoms with Gasteiger partial charge in [0.25, 0.3) is 0 Å². The zero-order valence-electron chi connectivity index (χ0n) is 9.67. The normalized spacial score (nSPS) is 21.5. The molecule has 15 heavy (non-hydrogen) atoms. The first kappa shape index (κ1) is 12.5. The molecule has 0 radical (unpaired) electrons. The highest BCUT2D eigenvalue weighted by molar-refractivity contribution is 5.75. The van der Waals surface area contributed by atoms with E-state index in [1.54, 1.807) is 0 Å². The third-order valence-electron chi connectivity index (χ3n) is 3.73. The first-order valence-electron chi connectivity index (χ1n) is 6.08. The molecule has 0 aromatic carbocycles. The van der Waals surface area contributed by atoms with E-state index in [1.165, 1.54) is 25.7 Å². The van der Waals surface area contributed by atoms with Crippen LogP contribution in [0.4, 0.5) is 0 Å². The maximum atomic E-state index is 11.4. The summed E-state index contributed by atoms with van der Waals surface area (Å²) < 4.78 is 0. The van der Waals surface area contributed by atoms with Gasteiger partial charge in [-0.1, -0.05) is 39.0 Å². The van der Waals surface area contributed by atoms with E-state index in [0.29, 0.717) is 5.92 Å². The van der Waals surface area contributed by atoms with Crippen LogP contribution in [0.25, 0.3) is 0 Å². The van der Waals surface area contributed by atoms with E-state index in [4.69, 9.17) is 5.73 Å². The molecule has 88 valence electrons. The molecule has 1 atom stereocenters. The Labute approximate surface area is 92.0 Å². The van der Waals surface area contributed by atoms with E-state index in [2.05, 4.69) is 0 Å². The van der Waals surface area contributed by atoms with Gasteiger partial charge in [0.2, 0.25) is 0 Å². The second-order valence-corrected chi connectivity index (χ2v) is 4.89. The van der Waals surface area contributed by atoms with Crippen molar-refractivity contribution in [3.8, 4) is 0 Å². The van der Waals surface area contributed by atoms with Crippen molar-refractivity contribution >= 4 is 5.97 Å². The van der Waals surface area contributed by atoms with Gasteiger partial charge in [-0.25, -0.2) is 0 Å². The van der Waals surface area contributed by atoms with Crippen LogP contribution in [0.3, 0.4) is 0 Å². The van der Waals surface area contributed by atoms with Gasteiger partial charge in [-0.2, -0.15) is 0 Å². The molecule has 0 aromatic rings. The number of hydrogen-bond acceptors (Lipinski definition) is 2. The number of carbonyl (C=O) groups is 1. The largest absolute Gasteiger partial charge is 0.481 e. The lowest BCUT2D eigenvalue weighted by Crippen LogP contribution is -2.40. The molecule has 1 fully saturated rings. The van der Waals surface area contributed by atoms with Crippen molar-refractivity contribution in [2.75, 3.05) is 6.54 Å². The van der Waals surface area contributed by atoms with Gasteiger partial charge >= 0.3 is 5.97 Å². The second kappa shape index (κ2) is 5.50. The Hall–Kier alpha value is -0.570. The van der Waals surface area contributed by atoms with Gasteiger partial charge < -0.3 is 10.8 Å². The van der Waals surface area contributed by atoms with Crippen LogP contribution in [0, 0.1) is 11.3 Å². The summed E-state index contributed by atoms with van der Waals surface area (Å²) in [5.41, 5.74) is 5.04. The van der Waals surface area contributed by atoms with Crippen molar-refractivity contribution in [3.05, 3.63) is 0 Å². The highest BCUT2D eigenvalue weighted by Crippen LogP contribution is 2.38. The SMILES string of the molecule is CCCC(CN)(CC1CCCC1)C(=O)O. The lowest BCUT2D eigenvalue weighted by Gasteiger charge is -2.30. The molecule has 1 aliphatic rings. The Balaban J connectivity index is 2.64. The number of aliphatic carboxylic acids is 1. The van der Waals surface area contributed by atoms with Crippen molar-refractivity contribution in [1.82, 2.24) is 0 Å². The lowest BCUT2D eigenvalue weighted by atomic mass is 9.75. The molecule has 1 aliphatic carbocycles. The molecule has 1 rings (SSSR count). The molecular weight excluding hydrogens is 190 g/mol. The van der Waals surface area contributed by atoms with Gasteiger partial charge in [0.05, 0.1) is 5.41 Å². The fraction of sp³-hybridized carbons (Fsp3) is 0.917. The van der Waals surface area contributed by atoms with Gasteiger partial charge in [0.1, 0.15) is 0 Å². The summed E-state index contributed by atoms with van der Waals surface area (Å²) in [4.78, 5) is 11.4. The summed E-state index contributed by atoms with van der Waals surface area (Å²) in [6.45, 7) is 2.31. The van der Waals surface area contributed by atoms with Gasteiger partial charge in [0, 0.05) is 6.54 Å². The zero-order chi connectivity index (χ0) is 11.3. The van der Waals surface area contributed by atoms with E-state index >= 15 is 0 Å². The fourth-order valence-electron chi connectivity index (χ4n) is 2.81. The van der Waals surface area contributed by atoms with Crippen LogP contribution in [0.2, 0.25) is 0 Å². The molecule has 0 bridgehead atoms. The van der Waals surface area contributed by atoms with Crippen molar-refractivity contribution in [3.63, 3.8) is 0 Å². The fourth-order valence-corrected chi connectivity index (χ4v) is 2.81. The Morgan fingerprint density at radius 3 is 2.47 bits per heavy atom. The summed E-state index contributed by atoms with van der Waals surface area (Å²) >= 11 is 0. The van der Waals surface area contributed by atoms with Crippen LogP contribution < -0.4 is 5.73 Å². The van der Waals surface area contributed by atoms with E-state index in [9.17, 15) is 9.90 Å². The van der Waals surface area contributed by atoms with Crippen LogP contribution in [0.5, 0.6) is 0 Å². The van der Waals surface area contributed by atoms with Crippen molar-refractivity contribution in [2.45, 2.75) is 51.9 Å². The first-order chi connectivity index (χ1) is 7.14. The van der Waals surface area contributed by atoms with Crippen LogP contribution in [-0.2, 0) is 4.79 Å². The minimum atomic E-state index is -0.696. The van der Waals surface area contributed by atoms with Crippen LogP contribution >= 0.6 is 0 Å². The van der Waals surface area contributed by atoms with E-state index in [0.717, 1.165) is 19.3 Å². The molecule has 0 spiro atoms. The first-order valence-corrected chi connectivity index (χ1v) is 6.08. The van der Waals surface area contributed by atoms with Crippen LogP contribution in [0.15, 0.2) is 0 Å². The third-order valence-corrected chi connectivity index (χ3v) is 3.73. The predicted octanol–water partition coefficient (Wildman–Crippen LogP) is 2.40. The standard InChI is InChI=1S/C12H23NO2/c1-2-7-12(9-13,11(14)15)8-10-5-3-4-6-10/h10H,2-9,13H2,1H3,(H,14,15). The second-order valence-electron chi connectivity index (χ2n) is 4.89. The molecule has 0 aromatic heterocycles. The summed E-state index contributed by atoms with van der Waals surface area (Å²) in [5.74, 6) is -0.102. The predicted molar refractivity (Wildman–Crippen MR) is 60.6 cm³/mol. The molecule has 3 N–H and O–H groups in total. The van der Waals surface area contributed by atoms with Crippen LogP contribution in [-0.4, -0.2) is 17.6 Å². The molecule has 0 heterocycles. The Kier molecular flexibility index (Phi) is 4.58. The Bertz CT molecular complexity index is 212. The summed E-state index contributed by atoms with van der Waals surface area (Å²) in [7, 11) is 0. The van der Waals surface area contributed by atoms with E-state index in [1.807, 2.05) is 6.92 Å². The smallest absolute Gasteiger partial charge is 0.310 e. The number of nitrogens with two attached hydrogens (primary N) is 1. The maximum Gasteiger partial charge on any atom is 0.310 e. The van der Waals surface area contributed by atoms with Crippen molar-refractivity contribution in [2.24, 2.45) is 17.1 Å². The number of carboxylic acids is 1. The van der Waals surface area contributed by atoms with Crippen LogP contribution in [0.1, 0.15) is 51.9 Å². The molecule has 0 amide bonds. The molecule has 1 unspecified atom stereocenters. The number of rotatable bonds is 6. The Morgan fingerprint density at radius 2 is 2.07 bits per heavy atom. The topological polar surface area (TPSA) is 63.3 Å². The zero-order valence-corrected chi connectivity index (χ0v) is 9.67. The van der Waals surface area contributed by atoms with E-state index < -0.39 is 11.4 Å². The Morgan fingerprint density at radius 1 is 1.47 bits per heavy atom. The molecule has 3 heteroatoms. The molecule has 0 saturated heterocycles. The lowest BCUT2D eigenvalue weighted by molar-refractivity contribution is -0.150. The minimum Gasteiger partial charge on any atom is -0.481 e. The maximum absolute atomic E-state index is 11.4. The van der Waals surface area contributed by atoms with Crippen molar-refractivity contribution in [1.29, 1.82) is 0 Å². The molecule has 3 nitrogen and oxygen atoms in total. The summed E-state index contributed by atoms with van der Waals surface area (Å²) in [6, 6.07) is 0. The van der Waals surface area contributed by atoms with Gasteiger partial charge in [-0.15, -0.1) is 0 Å². The molecular formula is C12H23NO2. The number of carboxylic acid groups (broad SMARTS) is 1. The minimum absolute atomic E-state index is 0.284. The monoisotopic (exact) mass is 213 g/mol. The van der Waals surface area contributed by atoms with Gasteiger partial charge in [-0.05, 0) is 18.8 Å². The summed E-state index contributed by atoms with van der Waals surface area (Å²) in [5, 5.41) is 9.34. The third kappa shape index (κ3) is 2.94. The highest BCUT2D eigenvalue weighted by atomic mass is 16.4. The average molecular weight is 213 g/mol. The van der Waals surface area contributed by atoms with Crippen molar-refractivity contribution < 1.29 is 9.90 Å². The van der Waals surface area contributed by atoms with E-state index in [-0.39, 0.29) is 6.54 Å². The quantitative estimate of drug-likeness (QED) is 0.712. The highest BCUT2D eigenvalue weighted by Gasteiger charge is 2.38.